The third-order valence-electron chi connectivity index (χ3n) is 5.26. The Morgan fingerprint density at radius 3 is 2.36 bits per heavy atom. The van der Waals surface area contributed by atoms with Crippen molar-refractivity contribution < 1.29 is 13.2 Å². The van der Waals surface area contributed by atoms with E-state index in [-0.39, 0.29) is 23.4 Å². The Labute approximate surface area is 167 Å². The smallest absolute Gasteiger partial charge is 0.264 e. The highest BCUT2D eigenvalue weighted by Gasteiger charge is 2.29. The van der Waals surface area contributed by atoms with Gasteiger partial charge in [-0.1, -0.05) is 55.7 Å². The maximum atomic E-state index is 13.4. The molecule has 1 aliphatic carbocycles. The second-order valence-electron chi connectivity index (χ2n) is 7.36. The lowest BCUT2D eigenvalue weighted by molar-refractivity contribution is -0.120. The molecular formula is C22H28N2O3S. The molecule has 0 atom stereocenters. The lowest BCUT2D eigenvalue weighted by Crippen LogP contribution is -2.44. The number of carbonyl (C=O) groups excluding carboxylic acids is 1. The number of nitrogens with zero attached hydrogens (tertiary/aromatic N) is 1. The molecule has 1 aliphatic rings. The molecule has 1 saturated carbocycles. The Morgan fingerprint density at radius 1 is 1.07 bits per heavy atom. The van der Waals surface area contributed by atoms with E-state index in [2.05, 4.69) is 5.32 Å². The number of benzene rings is 2. The molecule has 0 saturated heterocycles. The summed E-state index contributed by atoms with van der Waals surface area (Å²) in [6.45, 7) is 3.67. The van der Waals surface area contributed by atoms with E-state index in [1.54, 1.807) is 36.4 Å². The summed E-state index contributed by atoms with van der Waals surface area (Å²) in [6, 6.07) is 14.3. The number of anilines is 1. The first kappa shape index (κ1) is 20.4. The molecule has 2 aromatic rings. The van der Waals surface area contributed by atoms with Crippen LogP contribution in [0.2, 0.25) is 0 Å². The van der Waals surface area contributed by atoms with Gasteiger partial charge in [-0.2, -0.15) is 0 Å². The number of carbonyl (C=O) groups is 1. The van der Waals surface area contributed by atoms with Crippen LogP contribution in [0.5, 0.6) is 0 Å². The number of aryl methyl sites for hydroxylation is 2. The van der Waals surface area contributed by atoms with E-state index in [0.717, 1.165) is 36.8 Å². The monoisotopic (exact) mass is 400 g/mol. The van der Waals surface area contributed by atoms with E-state index in [9.17, 15) is 13.2 Å². The zero-order chi connectivity index (χ0) is 20.1. The molecule has 0 spiro atoms. The van der Waals surface area contributed by atoms with E-state index >= 15 is 0 Å². The fraction of sp³-hybridized carbons (Fsp3) is 0.409. The van der Waals surface area contributed by atoms with E-state index in [1.165, 1.54) is 4.31 Å². The second kappa shape index (κ2) is 8.78. The summed E-state index contributed by atoms with van der Waals surface area (Å²) in [7, 11) is -3.86. The highest BCUT2D eigenvalue weighted by molar-refractivity contribution is 7.92. The molecule has 3 rings (SSSR count). The fourth-order valence-corrected chi connectivity index (χ4v) is 5.12. The van der Waals surface area contributed by atoms with Gasteiger partial charge in [0.2, 0.25) is 5.91 Å². The molecule has 150 valence electrons. The maximum Gasteiger partial charge on any atom is 0.264 e. The van der Waals surface area contributed by atoms with E-state index in [0.29, 0.717) is 12.1 Å². The first-order valence-electron chi connectivity index (χ1n) is 9.88. The number of hydrogen-bond acceptors (Lipinski definition) is 3. The lowest BCUT2D eigenvalue weighted by atomic mass is 10.1. The van der Waals surface area contributed by atoms with Crippen molar-refractivity contribution in [2.24, 2.45) is 0 Å². The fourth-order valence-electron chi connectivity index (χ4n) is 3.66. The van der Waals surface area contributed by atoms with Gasteiger partial charge in [-0.3, -0.25) is 9.10 Å². The maximum absolute atomic E-state index is 13.4. The molecule has 1 fully saturated rings. The van der Waals surface area contributed by atoms with Gasteiger partial charge in [-0.25, -0.2) is 8.42 Å². The predicted molar refractivity (Wildman–Crippen MR) is 112 cm³/mol. The molecule has 5 nitrogen and oxygen atoms in total. The number of amides is 1. The molecule has 0 aromatic heterocycles. The quantitative estimate of drug-likeness (QED) is 0.768. The zero-order valence-electron chi connectivity index (χ0n) is 16.5. The zero-order valence-corrected chi connectivity index (χ0v) is 17.3. The van der Waals surface area contributed by atoms with Gasteiger partial charge in [0.05, 0.1) is 10.6 Å². The number of para-hydroxylation sites is 1. The number of hydrogen-bond donors (Lipinski definition) is 1. The van der Waals surface area contributed by atoms with Crippen LogP contribution in [0.3, 0.4) is 0 Å². The topological polar surface area (TPSA) is 66.5 Å². The Bertz CT molecular complexity index is 917. The van der Waals surface area contributed by atoms with E-state index in [1.807, 2.05) is 26.0 Å². The SMILES string of the molecule is CCc1ccccc1N(CC(=O)NC1CCCC1)S(=O)(=O)c1ccc(C)cc1. The van der Waals surface area contributed by atoms with Crippen LogP contribution in [-0.2, 0) is 21.2 Å². The molecule has 0 aliphatic heterocycles. The van der Waals surface area contributed by atoms with Crippen molar-refractivity contribution in [3.8, 4) is 0 Å². The molecule has 6 heteroatoms. The summed E-state index contributed by atoms with van der Waals surface area (Å²) in [5.41, 5.74) is 2.44. The number of sulfonamides is 1. The van der Waals surface area contributed by atoms with Crippen LogP contribution in [0.25, 0.3) is 0 Å². The van der Waals surface area contributed by atoms with Crippen molar-refractivity contribution in [3.05, 3.63) is 59.7 Å². The van der Waals surface area contributed by atoms with Gasteiger partial charge in [0.25, 0.3) is 10.0 Å². The molecule has 1 amide bonds. The van der Waals surface area contributed by atoms with Gasteiger partial charge in [-0.05, 0) is 49.9 Å². The van der Waals surface area contributed by atoms with Crippen molar-refractivity contribution >= 4 is 21.6 Å². The Morgan fingerprint density at radius 2 is 1.71 bits per heavy atom. The van der Waals surface area contributed by atoms with Crippen LogP contribution in [0.15, 0.2) is 53.4 Å². The first-order chi connectivity index (χ1) is 13.4. The number of nitrogens with one attached hydrogen (secondary N) is 1. The molecule has 0 radical (unpaired) electrons. The van der Waals surface area contributed by atoms with Gasteiger partial charge in [0.15, 0.2) is 0 Å². The largest absolute Gasteiger partial charge is 0.352 e. The van der Waals surface area contributed by atoms with Crippen LogP contribution in [0, 0.1) is 6.92 Å². The van der Waals surface area contributed by atoms with Crippen molar-refractivity contribution in [2.75, 3.05) is 10.8 Å². The lowest BCUT2D eigenvalue weighted by Gasteiger charge is -2.27. The van der Waals surface area contributed by atoms with Crippen LogP contribution < -0.4 is 9.62 Å². The highest BCUT2D eigenvalue weighted by Crippen LogP contribution is 2.28. The Kier molecular flexibility index (Phi) is 6.39. The summed E-state index contributed by atoms with van der Waals surface area (Å²) < 4.78 is 28.1. The Balaban J connectivity index is 1.96. The average molecular weight is 401 g/mol. The molecule has 1 N–H and O–H groups in total. The van der Waals surface area contributed by atoms with Crippen LogP contribution in [0.1, 0.15) is 43.7 Å². The predicted octanol–water partition coefficient (Wildman–Crippen LogP) is 3.81. The van der Waals surface area contributed by atoms with Gasteiger partial charge < -0.3 is 5.32 Å². The highest BCUT2D eigenvalue weighted by atomic mass is 32.2. The third kappa shape index (κ3) is 4.55. The molecule has 0 heterocycles. The minimum Gasteiger partial charge on any atom is -0.352 e. The third-order valence-corrected chi connectivity index (χ3v) is 7.03. The molecule has 0 bridgehead atoms. The summed E-state index contributed by atoms with van der Waals surface area (Å²) in [5, 5.41) is 3.00. The molecule has 2 aromatic carbocycles. The first-order valence-corrected chi connectivity index (χ1v) is 11.3. The van der Waals surface area contributed by atoms with Crippen molar-refractivity contribution in [1.82, 2.24) is 5.32 Å². The summed E-state index contributed by atoms with van der Waals surface area (Å²) in [5.74, 6) is -0.256. The van der Waals surface area contributed by atoms with Crippen LogP contribution >= 0.6 is 0 Å². The van der Waals surface area contributed by atoms with Crippen molar-refractivity contribution in [3.63, 3.8) is 0 Å². The minimum absolute atomic E-state index is 0.151. The summed E-state index contributed by atoms with van der Waals surface area (Å²) >= 11 is 0. The van der Waals surface area contributed by atoms with Gasteiger partial charge in [-0.15, -0.1) is 0 Å². The van der Waals surface area contributed by atoms with Gasteiger partial charge in [0.1, 0.15) is 6.54 Å². The van der Waals surface area contributed by atoms with Gasteiger partial charge in [0, 0.05) is 6.04 Å². The second-order valence-corrected chi connectivity index (χ2v) is 9.22. The summed E-state index contributed by atoms with van der Waals surface area (Å²) in [4.78, 5) is 12.9. The number of rotatable bonds is 7. The van der Waals surface area contributed by atoms with Crippen molar-refractivity contribution in [2.45, 2.75) is 56.9 Å². The molecular weight excluding hydrogens is 372 g/mol. The van der Waals surface area contributed by atoms with E-state index in [4.69, 9.17) is 0 Å². The van der Waals surface area contributed by atoms with Crippen LogP contribution in [-0.4, -0.2) is 26.9 Å². The van der Waals surface area contributed by atoms with Crippen LogP contribution in [0.4, 0.5) is 5.69 Å². The normalized spacial score (nSPS) is 14.8. The van der Waals surface area contributed by atoms with Gasteiger partial charge >= 0.3 is 0 Å². The molecule has 28 heavy (non-hydrogen) atoms. The van der Waals surface area contributed by atoms with E-state index < -0.39 is 10.0 Å². The van der Waals surface area contributed by atoms with Crippen molar-refractivity contribution in [1.29, 1.82) is 0 Å². The Hall–Kier alpha value is -2.34. The minimum atomic E-state index is -3.86. The average Bonchev–Trinajstić information content (AvgIpc) is 3.19. The standard InChI is InChI=1S/C22H28N2O3S/c1-3-18-8-4-7-11-21(18)24(16-22(25)23-19-9-5-6-10-19)28(26,27)20-14-12-17(2)13-15-20/h4,7-8,11-15,19H,3,5-6,9-10,16H2,1-2H3,(H,23,25). The molecule has 0 unspecified atom stereocenters. The summed E-state index contributed by atoms with van der Waals surface area (Å²) in [6.07, 6.45) is 4.81.